The first-order valence-electron chi connectivity index (χ1n) is 6.79. The molecule has 2 rings (SSSR count). The molecule has 1 fully saturated rings. The van der Waals surface area contributed by atoms with Crippen LogP contribution in [0.3, 0.4) is 0 Å². The average Bonchev–Trinajstić information content (AvgIpc) is 2.44. The fourth-order valence-electron chi connectivity index (χ4n) is 2.30. The third-order valence-corrected chi connectivity index (χ3v) is 3.31. The molecule has 0 bridgehead atoms. The summed E-state index contributed by atoms with van der Waals surface area (Å²) in [6.45, 7) is 3.06. The summed E-state index contributed by atoms with van der Waals surface area (Å²) in [4.78, 5) is 11.1. The van der Waals surface area contributed by atoms with Crippen LogP contribution in [0.5, 0.6) is 0 Å². The summed E-state index contributed by atoms with van der Waals surface area (Å²) in [5, 5.41) is 9.49. The van der Waals surface area contributed by atoms with Gasteiger partial charge < -0.3 is 19.3 Å². The van der Waals surface area contributed by atoms with E-state index in [9.17, 15) is 14.3 Å². The molecule has 1 aromatic rings. The van der Waals surface area contributed by atoms with E-state index >= 15 is 0 Å². The zero-order valence-corrected chi connectivity index (χ0v) is 11.9. The predicted octanol–water partition coefficient (Wildman–Crippen LogP) is 1.58. The maximum Gasteiger partial charge on any atom is 0.303 e. The zero-order valence-electron chi connectivity index (χ0n) is 11.9. The largest absolute Gasteiger partial charge is 0.456 e. The fraction of sp³-hybridized carbons (Fsp3) is 0.533. The zero-order chi connectivity index (χ0) is 15.4. The Morgan fingerprint density at radius 2 is 2.00 bits per heavy atom. The van der Waals surface area contributed by atoms with Crippen LogP contribution in [0.1, 0.15) is 19.4 Å². The maximum absolute atomic E-state index is 14.0. The number of ether oxygens (including phenoxy) is 3. The van der Waals surface area contributed by atoms with E-state index in [0.717, 1.165) is 5.56 Å². The molecule has 1 heterocycles. The molecule has 1 N–H and O–H groups in total. The van der Waals surface area contributed by atoms with E-state index in [4.69, 9.17) is 14.2 Å². The molecular weight excluding hydrogens is 279 g/mol. The average molecular weight is 298 g/mol. The van der Waals surface area contributed by atoms with Crippen LogP contribution in [0.4, 0.5) is 4.39 Å². The molecule has 116 valence electrons. The second-order valence-corrected chi connectivity index (χ2v) is 5.01. The Hall–Kier alpha value is -1.50. The van der Waals surface area contributed by atoms with E-state index in [-0.39, 0.29) is 6.61 Å². The second kappa shape index (κ2) is 6.98. The molecule has 6 heteroatoms. The Labute approximate surface area is 122 Å². The molecule has 1 aromatic carbocycles. The van der Waals surface area contributed by atoms with Gasteiger partial charge in [-0.2, -0.15) is 0 Å². The summed E-state index contributed by atoms with van der Waals surface area (Å²) in [5.41, 5.74) is 0.910. The lowest BCUT2D eigenvalue weighted by Crippen LogP contribution is -2.57. The van der Waals surface area contributed by atoms with Gasteiger partial charge in [-0.1, -0.05) is 30.3 Å². The number of alkyl halides is 1. The third kappa shape index (κ3) is 4.00. The van der Waals surface area contributed by atoms with Crippen molar-refractivity contribution in [2.45, 2.75) is 51.2 Å². The highest BCUT2D eigenvalue weighted by Gasteiger charge is 2.47. The molecule has 1 saturated heterocycles. The van der Waals surface area contributed by atoms with Crippen LogP contribution in [0.15, 0.2) is 30.3 Å². The van der Waals surface area contributed by atoms with Crippen LogP contribution in [0.25, 0.3) is 0 Å². The first-order valence-corrected chi connectivity index (χ1v) is 6.79. The van der Waals surface area contributed by atoms with Crippen LogP contribution in [0, 0.1) is 0 Å². The predicted molar refractivity (Wildman–Crippen MR) is 72.0 cm³/mol. The number of aliphatic hydroxyl groups excluding tert-OH is 1. The fourth-order valence-corrected chi connectivity index (χ4v) is 2.30. The van der Waals surface area contributed by atoms with Crippen LogP contribution in [0.2, 0.25) is 0 Å². The summed E-state index contributed by atoms with van der Waals surface area (Å²) < 4.78 is 29.7. The Bertz CT molecular complexity index is 466. The minimum Gasteiger partial charge on any atom is -0.456 e. The third-order valence-electron chi connectivity index (χ3n) is 3.31. The standard InChI is InChI=1S/C15H19FO5/c1-9-13(19-8-11-6-4-3-5-7-11)14(21-10(2)17)12(16)15(18)20-9/h3-7,9,12-15,18H,8H2,1-2H3/t9-,12+,13+,14-,15+/m0/s1. The summed E-state index contributed by atoms with van der Waals surface area (Å²) in [5.74, 6) is -0.628. The molecule has 0 unspecified atom stereocenters. The lowest BCUT2D eigenvalue weighted by molar-refractivity contribution is -0.275. The molecule has 0 aliphatic carbocycles. The molecule has 0 amide bonds. The lowest BCUT2D eigenvalue weighted by Gasteiger charge is -2.39. The molecular formula is C15H19FO5. The molecule has 0 radical (unpaired) electrons. The number of esters is 1. The van der Waals surface area contributed by atoms with Gasteiger partial charge in [-0.25, -0.2) is 4.39 Å². The summed E-state index contributed by atoms with van der Waals surface area (Å²) in [7, 11) is 0. The van der Waals surface area contributed by atoms with Crippen molar-refractivity contribution in [3.8, 4) is 0 Å². The number of rotatable bonds is 4. The molecule has 5 nitrogen and oxygen atoms in total. The number of carbonyl (C=O) groups excluding carboxylic acids is 1. The lowest BCUT2D eigenvalue weighted by atomic mass is 10.00. The van der Waals surface area contributed by atoms with E-state index in [2.05, 4.69) is 0 Å². The quantitative estimate of drug-likeness (QED) is 0.855. The molecule has 0 saturated carbocycles. The molecule has 1 aliphatic heterocycles. The van der Waals surface area contributed by atoms with Gasteiger partial charge in [-0.15, -0.1) is 0 Å². The van der Waals surface area contributed by atoms with Crippen molar-refractivity contribution in [2.24, 2.45) is 0 Å². The molecule has 5 atom stereocenters. The van der Waals surface area contributed by atoms with Gasteiger partial charge >= 0.3 is 5.97 Å². The highest BCUT2D eigenvalue weighted by Crippen LogP contribution is 2.27. The van der Waals surface area contributed by atoms with E-state index in [1.165, 1.54) is 6.92 Å². The van der Waals surface area contributed by atoms with Crippen LogP contribution in [-0.4, -0.2) is 41.8 Å². The van der Waals surface area contributed by atoms with Gasteiger partial charge in [-0.05, 0) is 12.5 Å². The van der Waals surface area contributed by atoms with Gasteiger partial charge in [0, 0.05) is 6.92 Å². The van der Waals surface area contributed by atoms with Gasteiger partial charge in [0.25, 0.3) is 0 Å². The highest BCUT2D eigenvalue weighted by molar-refractivity contribution is 5.66. The summed E-state index contributed by atoms with van der Waals surface area (Å²) >= 11 is 0. The highest BCUT2D eigenvalue weighted by atomic mass is 19.1. The maximum atomic E-state index is 14.0. The SMILES string of the molecule is CC(=O)O[C@H]1[C@@H](F)[C@H](O)O[C@@H](C)[C@H]1OCc1ccccc1. The first-order chi connectivity index (χ1) is 9.99. The van der Waals surface area contributed by atoms with Crippen molar-refractivity contribution in [1.82, 2.24) is 0 Å². The number of halogens is 1. The number of aliphatic hydroxyl groups is 1. The smallest absolute Gasteiger partial charge is 0.303 e. The monoisotopic (exact) mass is 298 g/mol. The Morgan fingerprint density at radius 3 is 2.62 bits per heavy atom. The topological polar surface area (TPSA) is 65.0 Å². The molecule has 21 heavy (non-hydrogen) atoms. The van der Waals surface area contributed by atoms with E-state index in [1.54, 1.807) is 6.92 Å². The molecule has 1 aliphatic rings. The van der Waals surface area contributed by atoms with Crippen molar-refractivity contribution in [1.29, 1.82) is 0 Å². The van der Waals surface area contributed by atoms with Crippen molar-refractivity contribution in [3.63, 3.8) is 0 Å². The van der Waals surface area contributed by atoms with Crippen LogP contribution >= 0.6 is 0 Å². The summed E-state index contributed by atoms with van der Waals surface area (Å²) in [6, 6.07) is 9.36. The van der Waals surface area contributed by atoms with Crippen molar-refractivity contribution >= 4 is 5.97 Å². The summed E-state index contributed by atoms with van der Waals surface area (Å²) in [6.07, 6.45) is -6.04. The van der Waals surface area contributed by atoms with Crippen LogP contribution < -0.4 is 0 Å². The van der Waals surface area contributed by atoms with Gasteiger partial charge in [0.05, 0.1) is 12.7 Å². The first kappa shape index (κ1) is 15.9. The van der Waals surface area contributed by atoms with Crippen molar-refractivity contribution < 1.29 is 28.5 Å². The number of hydrogen-bond acceptors (Lipinski definition) is 5. The Morgan fingerprint density at radius 1 is 1.33 bits per heavy atom. The number of carbonyl (C=O) groups is 1. The number of hydrogen-bond donors (Lipinski definition) is 1. The Kier molecular flexibility index (Phi) is 5.27. The molecule has 0 spiro atoms. The van der Waals surface area contributed by atoms with Gasteiger partial charge in [0.1, 0.15) is 6.10 Å². The van der Waals surface area contributed by atoms with E-state index in [1.807, 2.05) is 30.3 Å². The minimum atomic E-state index is -1.84. The van der Waals surface area contributed by atoms with Crippen molar-refractivity contribution in [3.05, 3.63) is 35.9 Å². The van der Waals surface area contributed by atoms with Gasteiger partial charge in [0.2, 0.25) is 0 Å². The minimum absolute atomic E-state index is 0.236. The van der Waals surface area contributed by atoms with Crippen molar-refractivity contribution in [2.75, 3.05) is 0 Å². The molecule has 0 aromatic heterocycles. The van der Waals surface area contributed by atoms with Gasteiger partial charge in [-0.3, -0.25) is 4.79 Å². The van der Waals surface area contributed by atoms with E-state index in [0.29, 0.717) is 0 Å². The number of benzene rings is 1. The van der Waals surface area contributed by atoms with Gasteiger partial charge in [0.15, 0.2) is 18.6 Å². The van der Waals surface area contributed by atoms with Crippen LogP contribution in [-0.2, 0) is 25.6 Å². The normalized spacial score (nSPS) is 32.7. The van der Waals surface area contributed by atoms with E-state index < -0.39 is 36.7 Å². The Balaban J connectivity index is 2.07. The second-order valence-electron chi connectivity index (χ2n) is 5.01.